The van der Waals surface area contributed by atoms with Crippen LogP contribution in [0.3, 0.4) is 0 Å². The van der Waals surface area contributed by atoms with Crippen LogP contribution in [0.5, 0.6) is 0 Å². The van der Waals surface area contributed by atoms with Crippen molar-refractivity contribution in [1.29, 1.82) is 5.26 Å². The number of nitriles is 1. The van der Waals surface area contributed by atoms with Crippen LogP contribution in [0.25, 0.3) is 23.0 Å². The second-order valence-corrected chi connectivity index (χ2v) is 8.46. The average molecular weight is 455 g/mol. The summed E-state index contributed by atoms with van der Waals surface area (Å²) >= 11 is 1.34. The molecule has 8 heteroatoms. The van der Waals surface area contributed by atoms with Gasteiger partial charge in [-0.05, 0) is 43.2 Å². The van der Waals surface area contributed by atoms with Gasteiger partial charge in [0.1, 0.15) is 6.07 Å². The molecule has 0 N–H and O–H groups in total. The van der Waals surface area contributed by atoms with Gasteiger partial charge in [-0.15, -0.1) is 21.5 Å². The van der Waals surface area contributed by atoms with E-state index < -0.39 is 0 Å². The van der Waals surface area contributed by atoms with Gasteiger partial charge in [-0.2, -0.15) is 5.26 Å². The molecule has 4 aromatic rings. The molecule has 0 saturated heterocycles. The molecule has 0 saturated carbocycles. The van der Waals surface area contributed by atoms with Gasteiger partial charge in [0, 0.05) is 24.9 Å². The first-order chi connectivity index (χ1) is 15.9. The summed E-state index contributed by atoms with van der Waals surface area (Å²) in [4.78, 5) is 18.6. The monoisotopic (exact) mass is 454 g/mol. The third kappa shape index (κ3) is 4.45. The summed E-state index contributed by atoms with van der Waals surface area (Å²) in [5.74, 6) is 0.983. The number of hydrogen-bond acceptors (Lipinski definition) is 6. The summed E-state index contributed by atoms with van der Waals surface area (Å²) in [5.41, 5.74) is 4.84. The number of carbonyl (C=O) groups excluding carboxylic acids is 1. The molecular formula is C25H22N6OS. The Bertz CT molecular complexity index is 1390. The Labute approximate surface area is 196 Å². The normalized spacial score (nSPS) is 11.3. The first-order valence-corrected chi connectivity index (χ1v) is 11.2. The summed E-state index contributed by atoms with van der Waals surface area (Å²) in [7, 11) is 1.83. The van der Waals surface area contributed by atoms with E-state index in [-0.39, 0.29) is 5.91 Å². The van der Waals surface area contributed by atoms with Gasteiger partial charge in [0.25, 0.3) is 0 Å². The predicted octanol–water partition coefficient (Wildman–Crippen LogP) is 5.30. The van der Waals surface area contributed by atoms with Gasteiger partial charge in [0.15, 0.2) is 16.8 Å². The minimum atomic E-state index is -0.135. The first kappa shape index (κ1) is 22.1. The van der Waals surface area contributed by atoms with Crippen LogP contribution in [0.2, 0.25) is 0 Å². The molecule has 7 nitrogen and oxygen atoms in total. The van der Waals surface area contributed by atoms with Gasteiger partial charge in [-0.25, -0.2) is 4.98 Å². The summed E-state index contributed by atoms with van der Waals surface area (Å²) in [6, 6.07) is 17.7. The molecule has 0 aliphatic rings. The van der Waals surface area contributed by atoms with Crippen LogP contribution in [-0.2, 0) is 11.8 Å². The molecule has 0 aliphatic heterocycles. The fourth-order valence-corrected chi connectivity index (χ4v) is 4.28. The van der Waals surface area contributed by atoms with Crippen molar-refractivity contribution < 1.29 is 4.79 Å². The van der Waals surface area contributed by atoms with E-state index in [1.54, 1.807) is 15.5 Å². The van der Waals surface area contributed by atoms with E-state index in [9.17, 15) is 10.1 Å². The molecule has 0 unspecified atom stereocenters. The van der Waals surface area contributed by atoms with Gasteiger partial charge in [0.05, 0.1) is 17.0 Å². The number of rotatable bonds is 5. The van der Waals surface area contributed by atoms with Crippen molar-refractivity contribution in [1.82, 2.24) is 19.7 Å². The SMILES string of the molecule is CC(=O)N(c1ccc(C)c(C)c1)c1nc(/C=C(/C#N)c2nnc(-c3ccccc3)n2C)cs1. The number of thiazole rings is 1. The smallest absolute Gasteiger partial charge is 0.230 e. The quantitative estimate of drug-likeness (QED) is 0.382. The lowest BCUT2D eigenvalue weighted by Crippen LogP contribution is -2.22. The van der Waals surface area contributed by atoms with Crippen LogP contribution in [-0.4, -0.2) is 25.7 Å². The molecule has 0 spiro atoms. The largest absolute Gasteiger partial charge is 0.310 e. The van der Waals surface area contributed by atoms with E-state index >= 15 is 0 Å². The minimum absolute atomic E-state index is 0.135. The number of carbonyl (C=O) groups is 1. The highest BCUT2D eigenvalue weighted by molar-refractivity contribution is 7.14. The Kier molecular flexibility index (Phi) is 6.16. The highest BCUT2D eigenvalue weighted by Crippen LogP contribution is 2.31. The van der Waals surface area contributed by atoms with Gasteiger partial charge < -0.3 is 4.57 Å². The Morgan fingerprint density at radius 3 is 2.55 bits per heavy atom. The summed E-state index contributed by atoms with van der Waals surface area (Å²) < 4.78 is 1.79. The minimum Gasteiger partial charge on any atom is -0.310 e. The van der Waals surface area contributed by atoms with Crippen LogP contribution < -0.4 is 4.90 Å². The molecule has 0 aliphatic carbocycles. The first-order valence-electron chi connectivity index (χ1n) is 10.3. The molecule has 164 valence electrons. The predicted molar refractivity (Wildman–Crippen MR) is 131 cm³/mol. The Balaban J connectivity index is 1.68. The number of hydrogen-bond donors (Lipinski definition) is 0. The number of allylic oxidation sites excluding steroid dienone is 1. The average Bonchev–Trinajstić information content (AvgIpc) is 3.41. The maximum Gasteiger partial charge on any atom is 0.230 e. The maximum absolute atomic E-state index is 12.4. The fraction of sp³-hybridized carbons (Fsp3) is 0.160. The van der Waals surface area contributed by atoms with Crippen LogP contribution in [0.4, 0.5) is 10.8 Å². The lowest BCUT2D eigenvalue weighted by Gasteiger charge is -2.19. The molecule has 2 aromatic carbocycles. The molecule has 33 heavy (non-hydrogen) atoms. The number of aromatic nitrogens is 4. The van der Waals surface area contributed by atoms with Crippen molar-refractivity contribution in [3.63, 3.8) is 0 Å². The molecule has 0 fully saturated rings. The van der Waals surface area contributed by atoms with Gasteiger partial charge in [-0.1, -0.05) is 36.4 Å². The maximum atomic E-state index is 12.4. The highest BCUT2D eigenvalue weighted by atomic mass is 32.1. The number of aryl methyl sites for hydroxylation is 2. The summed E-state index contributed by atoms with van der Waals surface area (Å²) in [5, 5.41) is 20.6. The third-order valence-electron chi connectivity index (χ3n) is 5.33. The zero-order valence-electron chi connectivity index (χ0n) is 18.8. The topological polar surface area (TPSA) is 87.7 Å². The van der Waals surface area contributed by atoms with Crippen LogP contribution in [0.15, 0.2) is 53.9 Å². The molecule has 0 atom stereocenters. The molecule has 1 amide bonds. The molecule has 2 aromatic heterocycles. The summed E-state index contributed by atoms with van der Waals surface area (Å²) in [6.45, 7) is 5.55. The Hall–Kier alpha value is -4.09. The number of anilines is 2. The lowest BCUT2D eigenvalue weighted by molar-refractivity contribution is -0.115. The van der Waals surface area contributed by atoms with Crippen molar-refractivity contribution in [3.8, 4) is 17.5 Å². The Morgan fingerprint density at radius 2 is 1.88 bits per heavy atom. The van der Waals surface area contributed by atoms with Crippen molar-refractivity contribution in [2.24, 2.45) is 7.05 Å². The van der Waals surface area contributed by atoms with E-state index in [1.807, 2.05) is 74.8 Å². The second-order valence-electron chi connectivity index (χ2n) is 7.62. The zero-order chi connectivity index (χ0) is 23.5. The van der Waals surface area contributed by atoms with E-state index in [1.165, 1.54) is 18.3 Å². The number of nitrogens with zero attached hydrogens (tertiary/aromatic N) is 6. The third-order valence-corrected chi connectivity index (χ3v) is 6.17. The van der Waals surface area contributed by atoms with E-state index in [4.69, 9.17) is 0 Å². The van der Waals surface area contributed by atoms with E-state index in [2.05, 4.69) is 21.3 Å². The highest BCUT2D eigenvalue weighted by Gasteiger charge is 2.19. The summed E-state index contributed by atoms with van der Waals surface area (Å²) in [6.07, 6.45) is 1.66. The molecule has 0 bridgehead atoms. The van der Waals surface area contributed by atoms with Gasteiger partial charge >= 0.3 is 0 Å². The van der Waals surface area contributed by atoms with Crippen molar-refractivity contribution in [2.75, 3.05) is 4.90 Å². The number of benzene rings is 2. The fourth-order valence-electron chi connectivity index (χ4n) is 3.43. The lowest BCUT2D eigenvalue weighted by atomic mass is 10.1. The number of amides is 1. The van der Waals surface area contributed by atoms with E-state index in [0.29, 0.717) is 28.0 Å². The van der Waals surface area contributed by atoms with Gasteiger partial charge in [0.2, 0.25) is 5.91 Å². The van der Waals surface area contributed by atoms with Gasteiger partial charge in [-0.3, -0.25) is 9.69 Å². The van der Waals surface area contributed by atoms with E-state index in [0.717, 1.165) is 22.4 Å². The van der Waals surface area contributed by atoms with Crippen LogP contribution >= 0.6 is 11.3 Å². The van der Waals surface area contributed by atoms with Crippen molar-refractivity contribution in [3.05, 3.63) is 76.6 Å². The Morgan fingerprint density at radius 1 is 1.12 bits per heavy atom. The second kappa shape index (κ2) is 9.18. The van der Waals surface area contributed by atoms with Crippen LogP contribution in [0, 0.1) is 25.2 Å². The van der Waals surface area contributed by atoms with Crippen LogP contribution in [0.1, 0.15) is 29.6 Å². The van der Waals surface area contributed by atoms with Crippen molar-refractivity contribution >= 4 is 39.7 Å². The molecule has 0 radical (unpaired) electrons. The van der Waals surface area contributed by atoms with Crippen molar-refractivity contribution in [2.45, 2.75) is 20.8 Å². The zero-order valence-corrected chi connectivity index (χ0v) is 19.6. The standard InChI is InChI=1S/C25H22N6OS/c1-16-10-11-22(12-17(16)2)31(18(3)32)25-27-21(15-33-25)13-20(14-26)24-29-28-23(30(24)4)19-8-6-5-7-9-19/h5-13,15H,1-4H3/b20-13-. The molecule has 4 rings (SSSR count). The molecular weight excluding hydrogens is 432 g/mol. The molecule has 2 heterocycles.